The van der Waals surface area contributed by atoms with Gasteiger partial charge in [0.25, 0.3) is 0 Å². The Hall–Kier alpha value is -2.68. The molecule has 0 fully saturated rings. The van der Waals surface area contributed by atoms with Crippen LogP contribution in [0.25, 0.3) is 10.8 Å². The van der Waals surface area contributed by atoms with Crippen LogP contribution in [-0.4, -0.2) is 6.79 Å². The van der Waals surface area contributed by atoms with Crippen LogP contribution in [0.15, 0.2) is 60.7 Å². The molecule has 1 N–H and O–H groups in total. The molecule has 0 aromatic heterocycles. The Labute approximate surface area is 123 Å². The molecule has 0 saturated heterocycles. The molecule has 3 heteroatoms. The lowest BCUT2D eigenvalue weighted by Gasteiger charge is -2.09. The molecule has 3 nitrogen and oxygen atoms in total. The molecule has 0 saturated carbocycles. The molecular weight excluding hydrogens is 262 g/mol. The van der Waals surface area contributed by atoms with Crippen LogP contribution in [0.1, 0.15) is 5.56 Å². The van der Waals surface area contributed by atoms with Gasteiger partial charge in [-0.1, -0.05) is 42.5 Å². The van der Waals surface area contributed by atoms with E-state index in [9.17, 15) is 0 Å². The summed E-state index contributed by atoms with van der Waals surface area (Å²) in [7, 11) is 0. The molecule has 0 amide bonds. The fraction of sp³-hybridized carbons (Fsp3) is 0.111. The van der Waals surface area contributed by atoms with Gasteiger partial charge in [-0.25, -0.2) is 0 Å². The van der Waals surface area contributed by atoms with E-state index in [0.29, 0.717) is 13.3 Å². The van der Waals surface area contributed by atoms with Crippen molar-refractivity contribution in [2.24, 2.45) is 0 Å². The molecule has 3 aromatic rings. The average molecular weight is 277 g/mol. The third kappa shape index (κ3) is 2.27. The van der Waals surface area contributed by atoms with Crippen LogP contribution in [0.3, 0.4) is 0 Å². The molecule has 3 aromatic carbocycles. The highest BCUT2D eigenvalue weighted by molar-refractivity contribution is 5.85. The number of hydrogen-bond acceptors (Lipinski definition) is 3. The van der Waals surface area contributed by atoms with Crippen LogP contribution in [0.4, 0.5) is 5.69 Å². The van der Waals surface area contributed by atoms with E-state index in [1.807, 2.05) is 12.1 Å². The number of para-hydroxylation sites is 1. The fourth-order valence-electron chi connectivity index (χ4n) is 2.63. The molecule has 1 aliphatic rings. The van der Waals surface area contributed by atoms with E-state index in [1.165, 1.54) is 10.8 Å². The van der Waals surface area contributed by atoms with Gasteiger partial charge in [0.2, 0.25) is 6.79 Å². The minimum atomic E-state index is 0.308. The van der Waals surface area contributed by atoms with Gasteiger partial charge in [-0.05, 0) is 29.0 Å². The van der Waals surface area contributed by atoms with E-state index in [0.717, 1.165) is 22.7 Å². The lowest BCUT2D eigenvalue weighted by Crippen LogP contribution is -2.01. The second-order valence-electron chi connectivity index (χ2n) is 5.07. The minimum absolute atomic E-state index is 0.308. The molecule has 0 spiro atoms. The first-order valence-electron chi connectivity index (χ1n) is 7.00. The Kier molecular flexibility index (Phi) is 2.89. The van der Waals surface area contributed by atoms with Gasteiger partial charge in [-0.15, -0.1) is 0 Å². The summed E-state index contributed by atoms with van der Waals surface area (Å²) in [5.41, 5.74) is 2.21. The van der Waals surface area contributed by atoms with Crippen molar-refractivity contribution >= 4 is 16.5 Å². The highest BCUT2D eigenvalue weighted by Gasteiger charge is 2.16. The highest BCUT2D eigenvalue weighted by Crippen LogP contribution is 2.35. The zero-order valence-electron chi connectivity index (χ0n) is 11.5. The summed E-state index contributed by atoms with van der Waals surface area (Å²) >= 11 is 0. The summed E-state index contributed by atoms with van der Waals surface area (Å²) in [5, 5.41) is 5.93. The zero-order valence-corrected chi connectivity index (χ0v) is 11.5. The maximum atomic E-state index is 5.53. The van der Waals surface area contributed by atoms with Gasteiger partial charge >= 0.3 is 0 Å². The van der Waals surface area contributed by atoms with Crippen molar-refractivity contribution in [1.82, 2.24) is 0 Å². The number of anilines is 1. The van der Waals surface area contributed by atoms with Crippen molar-refractivity contribution in [3.05, 3.63) is 66.2 Å². The first-order chi connectivity index (χ1) is 10.4. The third-order valence-corrected chi connectivity index (χ3v) is 3.71. The molecule has 4 rings (SSSR count). The van der Waals surface area contributed by atoms with Crippen molar-refractivity contribution in [2.75, 3.05) is 12.1 Å². The Morgan fingerprint density at radius 3 is 2.71 bits per heavy atom. The van der Waals surface area contributed by atoms with E-state index in [1.54, 1.807) is 0 Å². The Morgan fingerprint density at radius 2 is 1.76 bits per heavy atom. The molecule has 0 radical (unpaired) electrons. The quantitative estimate of drug-likeness (QED) is 0.779. The number of benzene rings is 3. The van der Waals surface area contributed by atoms with E-state index < -0.39 is 0 Å². The SMILES string of the molecule is c1cc(CNc2ccc3ccccc3c2)c2c(c1)OCO2. The summed E-state index contributed by atoms with van der Waals surface area (Å²) in [6, 6.07) is 20.7. The van der Waals surface area contributed by atoms with E-state index >= 15 is 0 Å². The normalized spacial score (nSPS) is 12.6. The lowest BCUT2D eigenvalue weighted by atomic mass is 10.1. The number of nitrogens with one attached hydrogen (secondary N) is 1. The summed E-state index contributed by atoms with van der Waals surface area (Å²) in [6.45, 7) is 1.02. The van der Waals surface area contributed by atoms with Gasteiger partial charge in [-0.2, -0.15) is 0 Å². The molecule has 0 bridgehead atoms. The topological polar surface area (TPSA) is 30.5 Å². The smallest absolute Gasteiger partial charge is 0.231 e. The van der Waals surface area contributed by atoms with Crippen molar-refractivity contribution < 1.29 is 9.47 Å². The van der Waals surface area contributed by atoms with Gasteiger partial charge in [0.15, 0.2) is 11.5 Å². The highest BCUT2D eigenvalue weighted by atomic mass is 16.7. The second kappa shape index (κ2) is 5.02. The first kappa shape index (κ1) is 12.1. The lowest BCUT2D eigenvalue weighted by molar-refractivity contribution is 0.173. The van der Waals surface area contributed by atoms with Gasteiger partial charge < -0.3 is 14.8 Å². The van der Waals surface area contributed by atoms with Crippen LogP contribution < -0.4 is 14.8 Å². The summed E-state index contributed by atoms with van der Waals surface area (Å²) in [6.07, 6.45) is 0. The fourth-order valence-corrected chi connectivity index (χ4v) is 2.63. The molecule has 104 valence electrons. The molecule has 1 heterocycles. The van der Waals surface area contributed by atoms with Gasteiger partial charge in [0.1, 0.15) is 0 Å². The van der Waals surface area contributed by atoms with Gasteiger partial charge in [-0.3, -0.25) is 0 Å². The van der Waals surface area contributed by atoms with Crippen molar-refractivity contribution in [2.45, 2.75) is 6.54 Å². The first-order valence-corrected chi connectivity index (χ1v) is 7.00. The Morgan fingerprint density at radius 1 is 0.857 bits per heavy atom. The maximum absolute atomic E-state index is 5.53. The molecule has 21 heavy (non-hydrogen) atoms. The molecule has 0 unspecified atom stereocenters. The van der Waals surface area contributed by atoms with Gasteiger partial charge in [0, 0.05) is 17.8 Å². The van der Waals surface area contributed by atoms with Crippen LogP contribution in [0.2, 0.25) is 0 Å². The van der Waals surface area contributed by atoms with Crippen LogP contribution in [-0.2, 0) is 6.54 Å². The summed E-state index contributed by atoms with van der Waals surface area (Å²) in [5.74, 6) is 1.68. The van der Waals surface area contributed by atoms with Crippen molar-refractivity contribution in [3.8, 4) is 11.5 Å². The zero-order chi connectivity index (χ0) is 14.1. The van der Waals surface area contributed by atoms with Gasteiger partial charge in [0.05, 0.1) is 0 Å². The molecular formula is C18H15NO2. The second-order valence-corrected chi connectivity index (χ2v) is 5.07. The number of fused-ring (bicyclic) bond motifs is 2. The number of hydrogen-bond donors (Lipinski definition) is 1. The predicted octanol–water partition coefficient (Wildman–Crippen LogP) is 4.18. The monoisotopic (exact) mass is 277 g/mol. The van der Waals surface area contributed by atoms with E-state index in [2.05, 4.69) is 53.8 Å². The average Bonchev–Trinajstić information content (AvgIpc) is 3.02. The largest absolute Gasteiger partial charge is 0.454 e. The molecule has 0 aliphatic carbocycles. The number of rotatable bonds is 3. The number of ether oxygens (including phenoxy) is 2. The van der Waals surface area contributed by atoms with Crippen molar-refractivity contribution in [3.63, 3.8) is 0 Å². The molecule has 0 atom stereocenters. The minimum Gasteiger partial charge on any atom is -0.454 e. The Balaban J connectivity index is 1.57. The Bertz CT molecular complexity index is 798. The predicted molar refractivity (Wildman–Crippen MR) is 83.8 cm³/mol. The van der Waals surface area contributed by atoms with E-state index in [-0.39, 0.29) is 0 Å². The van der Waals surface area contributed by atoms with Crippen molar-refractivity contribution in [1.29, 1.82) is 0 Å². The van der Waals surface area contributed by atoms with Crippen LogP contribution >= 0.6 is 0 Å². The summed E-state index contributed by atoms with van der Waals surface area (Å²) in [4.78, 5) is 0. The van der Waals surface area contributed by atoms with E-state index in [4.69, 9.17) is 9.47 Å². The van der Waals surface area contributed by atoms with Crippen LogP contribution in [0.5, 0.6) is 11.5 Å². The standard InChI is InChI=1S/C18H15NO2/c1-2-5-14-10-16(9-8-13(14)4-1)19-11-15-6-3-7-17-18(15)21-12-20-17/h1-10,19H,11-12H2. The maximum Gasteiger partial charge on any atom is 0.231 e. The summed E-state index contributed by atoms with van der Waals surface area (Å²) < 4.78 is 10.9. The third-order valence-electron chi connectivity index (χ3n) is 3.71. The van der Waals surface area contributed by atoms with Crippen LogP contribution in [0, 0.1) is 0 Å². The molecule has 1 aliphatic heterocycles.